The van der Waals surface area contributed by atoms with E-state index in [2.05, 4.69) is 19.9 Å². The van der Waals surface area contributed by atoms with Gasteiger partial charge in [-0.25, -0.2) is 0 Å². The standard InChI is InChI=1S/C17H16ClNO/c1-11-12(10-19)8-14(9-16(11)18)17(2,3)13-4-6-15(20)7-5-13/h4-9,20H,1-3H3. The summed E-state index contributed by atoms with van der Waals surface area (Å²) in [6.07, 6.45) is 0. The minimum absolute atomic E-state index is 0.240. The molecule has 0 aliphatic carbocycles. The molecule has 0 aliphatic rings. The summed E-state index contributed by atoms with van der Waals surface area (Å²) in [4.78, 5) is 0. The first-order valence-electron chi connectivity index (χ1n) is 6.36. The molecule has 2 aromatic rings. The molecular formula is C17H16ClNO. The first-order chi connectivity index (χ1) is 9.36. The molecule has 3 heteroatoms. The molecule has 102 valence electrons. The van der Waals surface area contributed by atoms with E-state index in [1.165, 1.54) is 0 Å². The summed E-state index contributed by atoms with van der Waals surface area (Å²) in [5.74, 6) is 0.240. The van der Waals surface area contributed by atoms with Gasteiger partial charge in [0, 0.05) is 10.4 Å². The van der Waals surface area contributed by atoms with E-state index >= 15 is 0 Å². The Hall–Kier alpha value is -1.98. The lowest BCUT2D eigenvalue weighted by atomic mass is 9.77. The number of nitrogens with zero attached hydrogens (tertiary/aromatic N) is 1. The molecule has 0 radical (unpaired) electrons. The second kappa shape index (κ2) is 5.19. The van der Waals surface area contributed by atoms with Crippen molar-refractivity contribution in [1.82, 2.24) is 0 Å². The van der Waals surface area contributed by atoms with E-state index < -0.39 is 0 Å². The zero-order valence-corrected chi connectivity index (χ0v) is 12.5. The third-order valence-corrected chi connectivity index (χ3v) is 4.17. The summed E-state index contributed by atoms with van der Waals surface area (Å²) >= 11 is 6.23. The van der Waals surface area contributed by atoms with Crippen molar-refractivity contribution < 1.29 is 5.11 Å². The topological polar surface area (TPSA) is 44.0 Å². The van der Waals surface area contributed by atoms with Gasteiger partial charge in [-0.3, -0.25) is 0 Å². The van der Waals surface area contributed by atoms with Gasteiger partial charge in [0.1, 0.15) is 5.75 Å². The predicted molar refractivity (Wildman–Crippen MR) is 81.1 cm³/mol. The summed E-state index contributed by atoms with van der Waals surface area (Å²) in [7, 11) is 0. The van der Waals surface area contributed by atoms with E-state index in [-0.39, 0.29) is 11.2 Å². The second-order valence-electron chi connectivity index (χ2n) is 5.41. The fourth-order valence-corrected chi connectivity index (χ4v) is 2.42. The van der Waals surface area contributed by atoms with Crippen LogP contribution in [0, 0.1) is 18.3 Å². The van der Waals surface area contributed by atoms with Gasteiger partial charge in [-0.05, 0) is 47.9 Å². The number of aromatic hydroxyl groups is 1. The van der Waals surface area contributed by atoms with Gasteiger partial charge < -0.3 is 5.11 Å². The Labute approximate surface area is 124 Å². The van der Waals surface area contributed by atoms with E-state index in [1.54, 1.807) is 12.1 Å². The molecule has 2 rings (SSSR count). The van der Waals surface area contributed by atoms with Crippen LogP contribution in [0.15, 0.2) is 36.4 Å². The number of benzene rings is 2. The molecule has 20 heavy (non-hydrogen) atoms. The zero-order valence-electron chi connectivity index (χ0n) is 11.7. The first-order valence-corrected chi connectivity index (χ1v) is 6.74. The number of rotatable bonds is 2. The molecule has 0 aliphatic heterocycles. The van der Waals surface area contributed by atoms with Crippen molar-refractivity contribution in [2.45, 2.75) is 26.2 Å². The molecule has 2 nitrogen and oxygen atoms in total. The van der Waals surface area contributed by atoms with Crippen LogP contribution in [0.4, 0.5) is 0 Å². The number of phenols is 1. The molecule has 0 heterocycles. The van der Waals surface area contributed by atoms with Crippen LogP contribution in [0.1, 0.15) is 36.1 Å². The van der Waals surface area contributed by atoms with Gasteiger partial charge in [0.25, 0.3) is 0 Å². The smallest absolute Gasteiger partial charge is 0.115 e. The molecule has 0 unspecified atom stereocenters. The minimum atomic E-state index is -0.295. The lowest BCUT2D eigenvalue weighted by Gasteiger charge is -2.27. The number of halogens is 1. The number of hydrogen-bond donors (Lipinski definition) is 1. The van der Waals surface area contributed by atoms with Gasteiger partial charge in [0.05, 0.1) is 11.6 Å². The molecule has 0 atom stereocenters. The predicted octanol–water partition coefficient (Wildman–Crippen LogP) is 4.55. The second-order valence-corrected chi connectivity index (χ2v) is 5.82. The highest BCUT2D eigenvalue weighted by molar-refractivity contribution is 6.31. The van der Waals surface area contributed by atoms with Gasteiger partial charge in [0.2, 0.25) is 0 Å². The van der Waals surface area contributed by atoms with Gasteiger partial charge in [-0.1, -0.05) is 37.6 Å². The van der Waals surface area contributed by atoms with Crippen molar-refractivity contribution in [3.63, 3.8) is 0 Å². The average molecular weight is 286 g/mol. The van der Waals surface area contributed by atoms with Crippen molar-refractivity contribution in [1.29, 1.82) is 5.26 Å². The van der Waals surface area contributed by atoms with Gasteiger partial charge >= 0.3 is 0 Å². The Morgan fingerprint density at radius 1 is 1.10 bits per heavy atom. The largest absolute Gasteiger partial charge is 0.508 e. The Morgan fingerprint density at radius 3 is 2.25 bits per heavy atom. The van der Waals surface area contributed by atoms with Crippen molar-refractivity contribution in [3.8, 4) is 11.8 Å². The lowest BCUT2D eigenvalue weighted by molar-refractivity contribution is 0.474. The fourth-order valence-electron chi connectivity index (χ4n) is 2.20. The van der Waals surface area contributed by atoms with E-state index in [0.717, 1.165) is 16.7 Å². The molecule has 0 spiro atoms. The van der Waals surface area contributed by atoms with E-state index in [9.17, 15) is 10.4 Å². The molecule has 2 aromatic carbocycles. The highest BCUT2D eigenvalue weighted by atomic mass is 35.5. The Morgan fingerprint density at radius 2 is 1.70 bits per heavy atom. The summed E-state index contributed by atoms with van der Waals surface area (Å²) in [6, 6.07) is 13.1. The van der Waals surface area contributed by atoms with E-state index in [0.29, 0.717) is 10.6 Å². The molecular weight excluding hydrogens is 270 g/mol. The first kappa shape index (κ1) is 14.4. The fraction of sp³-hybridized carbons (Fsp3) is 0.235. The van der Waals surface area contributed by atoms with Crippen molar-refractivity contribution in [2.24, 2.45) is 0 Å². The number of hydrogen-bond acceptors (Lipinski definition) is 2. The van der Waals surface area contributed by atoms with Crippen LogP contribution in [0.25, 0.3) is 0 Å². The van der Waals surface area contributed by atoms with Crippen LogP contribution in [-0.2, 0) is 5.41 Å². The lowest BCUT2D eigenvalue weighted by Crippen LogP contribution is -2.19. The summed E-state index contributed by atoms with van der Waals surface area (Å²) < 4.78 is 0. The highest BCUT2D eigenvalue weighted by Crippen LogP contribution is 2.35. The molecule has 0 bridgehead atoms. The van der Waals surface area contributed by atoms with Crippen molar-refractivity contribution in [2.75, 3.05) is 0 Å². The Kier molecular flexibility index (Phi) is 3.74. The van der Waals surface area contributed by atoms with Crippen molar-refractivity contribution in [3.05, 3.63) is 63.7 Å². The van der Waals surface area contributed by atoms with Gasteiger partial charge in [0.15, 0.2) is 0 Å². The maximum atomic E-state index is 9.39. The molecule has 0 aromatic heterocycles. The minimum Gasteiger partial charge on any atom is -0.508 e. The molecule has 0 saturated carbocycles. The van der Waals surface area contributed by atoms with Gasteiger partial charge in [-0.15, -0.1) is 0 Å². The van der Waals surface area contributed by atoms with Crippen LogP contribution < -0.4 is 0 Å². The Balaban J connectivity index is 2.57. The maximum Gasteiger partial charge on any atom is 0.115 e. The Bertz CT molecular complexity index is 681. The molecule has 0 saturated heterocycles. The van der Waals surface area contributed by atoms with Crippen molar-refractivity contribution >= 4 is 11.6 Å². The molecule has 1 N–H and O–H groups in total. The van der Waals surface area contributed by atoms with Crippen LogP contribution in [-0.4, -0.2) is 5.11 Å². The quantitative estimate of drug-likeness (QED) is 0.879. The third-order valence-electron chi connectivity index (χ3n) is 3.78. The highest BCUT2D eigenvalue weighted by Gasteiger charge is 2.24. The zero-order chi connectivity index (χ0) is 14.9. The maximum absolute atomic E-state index is 9.39. The monoisotopic (exact) mass is 285 g/mol. The van der Waals surface area contributed by atoms with Crippen LogP contribution in [0.3, 0.4) is 0 Å². The van der Waals surface area contributed by atoms with Crippen LogP contribution in [0.2, 0.25) is 5.02 Å². The van der Waals surface area contributed by atoms with Crippen LogP contribution in [0.5, 0.6) is 5.75 Å². The number of phenolic OH excluding ortho intramolecular Hbond substituents is 1. The molecule has 0 fully saturated rings. The normalized spacial score (nSPS) is 11.2. The SMILES string of the molecule is Cc1c(Cl)cc(C(C)(C)c2ccc(O)cc2)cc1C#N. The summed E-state index contributed by atoms with van der Waals surface area (Å²) in [5.41, 5.74) is 3.14. The van der Waals surface area contributed by atoms with E-state index in [4.69, 9.17) is 11.6 Å². The summed E-state index contributed by atoms with van der Waals surface area (Å²) in [6.45, 7) is 5.99. The third kappa shape index (κ3) is 2.50. The average Bonchev–Trinajstić information content (AvgIpc) is 2.42. The number of nitriles is 1. The summed E-state index contributed by atoms with van der Waals surface area (Å²) in [5, 5.41) is 19.2. The molecule has 0 amide bonds. The van der Waals surface area contributed by atoms with Gasteiger partial charge in [-0.2, -0.15) is 5.26 Å². The van der Waals surface area contributed by atoms with E-state index in [1.807, 2.05) is 31.2 Å². The van der Waals surface area contributed by atoms with Crippen LogP contribution >= 0.6 is 11.6 Å².